The zero-order valence-corrected chi connectivity index (χ0v) is 11.9. The van der Waals surface area contributed by atoms with Gasteiger partial charge in [0.25, 0.3) is 16.4 Å². The maximum absolute atomic E-state index is 12.8. The summed E-state index contributed by atoms with van der Waals surface area (Å²) in [5, 5.41) is 3.55. The van der Waals surface area contributed by atoms with E-state index in [1.807, 2.05) is 0 Å². The molecule has 7 nitrogen and oxygen atoms in total. The Morgan fingerprint density at radius 3 is 2.90 bits per heavy atom. The monoisotopic (exact) mass is 317 g/mol. The van der Waals surface area contributed by atoms with E-state index in [4.69, 9.17) is 0 Å². The van der Waals surface area contributed by atoms with Crippen molar-refractivity contribution in [2.45, 2.75) is 30.8 Å². The molecule has 2 aromatic heterocycles. The molecular weight excluding hydrogens is 304 g/mol. The molecule has 0 spiro atoms. The zero-order valence-electron chi connectivity index (χ0n) is 11.1. The minimum atomic E-state index is -3.97. The Morgan fingerprint density at radius 2 is 2.19 bits per heavy atom. The fraction of sp³-hybridized carbons (Fsp3) is 0.455. The molecule has 0 saturated carbocycles. The number of nitrogens with one attached hydrogen (secondary N) is 1. The maximum atomic E-state index is 12.8. The summed E-state index contributed by atoms with van der Waals surface area (Å²) in [6.45, 7) is 0.556. The molecule has 2 aromatic rings. The highest BCUT2D eigenvalue weighted by atomic mass is 32.2. The summed E-state index contributed by atoms with van der Waals surface area (Å²) in [6, 6.07) is 0. The van der Waals surface area contributed by atoms with Crippen LogP contribution >= 0.6 is 0 Å². The van der Waals surface area contributed by atoms with E-state index in [9.17, 15) is 17.2 Å². The number of imidazole rings is 1. The lowest BCUT2D eigenvalue weighted by molar-refractivity contribution is 0.146. The molecule has 0 atom stereocenters. The van der Waals surface area contributed by atoms with E-state index in [1.165, 1.54) is 19.4 Å². The Kier molecular flexibility index (Phi) is 3.19. The van der Waals surface area contributed by atoms with Crippen molar-refractivity contribution in [3.05, 3.63) is 23.9 Å². The smallest absolute Gasteiger partial charge is 0.284 e. The van der Waals surface area contributed by atoms with E-state index in [-0.39, 0.29) is 10.7 Å². The molecule has 0 amide bonds. The van der Waals surface area contributed by atoms with Gasteiger partial charge >= 0.3 is 0 Å². The van der Waals surface area contributed by atoms with Crippen LogP contribution < -0.4 is 4.72 Å². The molecule has 1 aliphatic heterocycles. The number of aryl methyl sites for hydroxylation is 2. The van der Waals surface area contributed by atoms with Gasteiger partial charge in [0, 0.05) is 26.2 Å². The average molecular weight is 317 g/mol. The van der Waals surface area contributed by atoms with Crippen molar-refractivity contribution in [2.24, 2.45) is 7.05 Å². The van der Waals surface area contributed by atoms with Crippen LogP contribution in [0.3, 0.4) is 0 Å². The highest BCUT2D eigenvalue weighted by molar-refractivity contribution is 7.92. The van der Waals surface area contributed by atoms with E-state index < -0.39 is 22.1 Å². The highest BCUT2D eigenvalue weighted by Crippen LogP contribution is 2.28. The van der Waals surface area contributed by atoms with Crippen molar-refractivity contribution < 1.29 is 17.2 Å². The normalized spacial score (nSPS) is 14.7. The van der Waals surface area contributed by atoms with Crippen LogP contribution in [0.15, 0.2) is 17.4 Å². The van der Waals surface area contributed by atoms with E-state index in [1.54, 1.807) is 4.57 Å². The third-order valence-corrected chi connectivity index (χ3v) is 4.63. The van der Waals surface area contributed by atoms with Gasteiger partial charge in [-0.1, -0.05) is 0 Å². The SMILES string of the molecule is Cn1cc(NS(=O)(=O)c2cnc3n2CCC3)c(C(F)F)n1. The van der Waals surface area contributed by atoms with Crippen molar-refractivity contribution >= 4 is 15.7 Å². The summed E-state index contributed by atoms with van der Waals surface area (Å²) in [7, 11) is -2.53. The number of hydrogen-bond donors (Lipinski definition) is 1. The number of halogens is 2. The zero-order chi connectivity index (χ0) is 15.2. The average Bonchev–Trinajstić information content (AvgIpc) is 3.02. The molecule has 10 heteroatoms. The molecule has 21 heavy (non-hydrogen) atoms. The van der Waals surface area contributed by atoms with E-state index in [0.717, 1.165) is 11.1 Å². The second kappa shape index (κ2) is 4.79. The van der Waals surface area contributed by atoms with Crippen molar-refractivity contribution in [1.29, 1.82) is 0 Å². The van der Waals surface area contributed by atoms with E-state index in [0.29, 0.717) is 18.8 Å². The lowest BCUT2D eigenvalue weighted by atomic mass is 10.4. The Morgan fingerprint density at radius 1 is 1.43 bits per heavy atom. The minimum absolute atomic E-state index is 0.0148. The van der Waals surface area contributed by atoms with Crippen LogP contribution in [0.5, 0.6) is 0 Å². The second-order valence-corrected chi connectivity index (χ2v) is 6.41. The van der Waals surface area contributed by atoms with Crippen molar-refractivity contribution in [3.63, 3.8) is 0 Å². The second-order valence-electron chi connectivity index (χ2n) is 4.78. The number of sulfonamides is 1. The number of nitrogens with zero attached hydrogens (tertiary/aromatic N) is 4. The molecule has 0 bridgehead atoms. The Labute approximate surface area is 119 Å². The van der Waals surface area contributed by atoms with Crippen LogP contribution in [-0.4, -0.2) is 27.7 Å². The van der Waals surface area contributed by atoms with Gasteiger partial charge in [0.2, 0.25) is 0 Å². The summed E-state index contributed by atoms with van der Waals surface area (Å²) in [6.07, 6.45) is 1.13. The van der Waals surface area contributed by atoms with Crippen molar-refractivity contribution in [3.8, 4) is 0 Å². The third kappa shape index (κ3) is 2.39. The first-order valence-electron chi connectivity index (χ1n) is 6.27. The van der Waals surface area contributed by atoms with Crippen molar-refractivity contribution in [1.82, 2.24) is 19.3 Å². The standard InChI is InChI=1S/C11H13F2N5O2S/c1-17-6-7(10(15-17)11(12)13)16-21(19,20)9-5-14-8-3-2-4-18(8)9/h5-6,11,16H,2-4H2,1H3. The highest BCUT2D eigenvalue weighted by Gasteiger charge is 2.28. The van der Waals surface area contributed by atoms with E-state index in [2.05, 4.69) is 14.8 Å². The summed E-state index contributed by atoms with van der Waals surface area (Å²) in [5.41, 5.74) is -0.816. The van der Waals surface area contributed by atoms with Gasteiger partial charge < -0.3 is 4.57 Å². The lowest BCUT2D eigenvalue weighted by Gasteiger charge is -2.08. The molecular formula is C11H13F2N5O2S. The molecule has 0 saturated heterocycles. The molecule has 1 N–H and O–H groups in total. The topological polar surface area (TPSA) is 81.8 Å². The number of fused-ring (bicyclic) bond motifs is 1. The van der Waals surface area contributed by atoms with Gasteiger partial charge in [-0.25, -0.2) is 13.8 Å². The van der Waals surface area contributed by atoms with Crippen LogP contribution in [0.25, 0.3) is 0 Å². The van der Waals surface area contributed by atoms with Gasteiger partial charge in [0.15, 0.2) is 10.7 Å². The third-order valence-electron chi connectivity index (χ3n) is 3.27. The lowest BCUT2D eigenvalue weighted by Crippen LogP contribution is -2.17. The molecule has 114 valence electrons. The number of hydrogen-bond acceptors (Lipinski definition) is 4. The number of rotatable bonds is 4. The molecule has 3 heterocycles. The molecule has 0 fully saturated rings. The Balaban J connectivity index is 1.97. The number of aromatic nitrogens is 4. The van der Waals surface area contributed by atoms with Crippen LogP contribution in [0, 0.1) is 0 Å². The summed E-state index contributed by atoms with van der Waals surface area (Å²) < 4.78 is 55.3. The first-order valence-corrected chi connectivity index (χ1v) is 7.76. The quantitative estimate of drug-likeness (QED) is 0.921. The fourth-order valence-electron chi connectivity index (χ4n) is 2.39. The van der Waals surface area contributed by atoms with Gasteiger partial charge in [-0.2, -0.15) is 13.5 Å². The predicted molar refractivity (Wildman–Crippen MR) is 69.5 cm³/mol. The molecule has 3 rings (SSSR count). The van der Waals surface area contributed by atoms with Crippen LogP contribution in [0.4, 0.5) is 14.5 Å². The van der Waals surface area contributed by atoms with Gasteiger partial charge in [-0.3, -0.25) is 9.40 Å². The summed E-state index contributed by atoms with van der Waals surface area (Å²) in [4.78, 5) is 4.04. The number of anilines is 1. The first-order chi connectivity index (χ1) is 9.88. The summed E-state index contributed by atoms with van der Waals surface area (Å²) in [5.74, 6) is 0.690. The molecule has 0 unspecified atom stereocenters. The summed E-state index contributed by atoms with van der Waals surface area (Å²) >= 11 is 0. The number of alkyl halides is 2. The molecule has 0 aromatic carbocycles. The van der Waals surface area contributed by atoms with Crippen LogP contribution in [0.2, 0.25) is 0 Å². The van der Waals surface area contributed by atoms with Crippen LogP contribution in [-0.2, 0) is 30.0 Å². The molecule has 0 aliphatic carbocycles. The largest absolute Gasteiger partial charge is 0.318 e. The molecule has 0 radical (unpaired) electrons. The Hall–Kier alpha value is -1.97. The first kappa shape index (κ1) is 14.0. The van der Waals surface area contributed by atoms with Gasteiger partial charge in [0.1, 0.15) is 5.82 Å². The Bertz CT molecular complexity index is 781. The van der Waals surface area contributed by atoms with Crippen molar-refractivity contribution in [2.75, 3.05) is 4.72 Å². The predicted octanol–water partition coefficient (Wildman–Crippen LogP) is 1.30. The fourth-order valence-corrected chi connectivity index (χ4v) is 3.62. The minimum Gasteiger partial charge on any atom is -0.318 e. The maximum Gasteiger partial charge on any atom is 0.284 e. The van der Waals surface area contributed by atoms with Gasteiger partial charge in [-0.05, 0) is 6.42 Å². The van der Waals surface area contributed by atoms with Crippen LogP contribution in [0.1, 0.15) is 24.4 Å². The van der Waals surface area contributed by atoms with Gasteiger partial charge in [-0.15, -0.1) is 0 Å². The van der Waals surface area contributed by atoms with E-state index >= 15 is 0 Å². The molecule has 1 aliphatic rings. The van der Waals surface area contributed by atoms with Gasteiger partial charge in [0.05, 0.1) is 11.9 Å².